The fourth-order valence-corrected chi connectivity index (χ4v) is 1.19. The molecular weight excluding hydrogens is 121 g/mol. The van der Waals surface area contributed by atoms with Crippen molar-refractivity contribution in [2.75, 3.05) is 6.67 Å². The van der Waals surface area contributed by atoms with Gasteiger partial charge in [0.15, 0.2) is 0 Å². The van der Waals surface area contributed by atoms with Gasteiger partial charge in [-0.2, -0.15) is 0 Å². The van der Waals surface area contributed by atoms with Crippen LogP contribution in [0.5, 0.6) is 0 Å². The normalized spacial score (nSPS) is 45.6. The van der Waals surface area contributed by atoms with Gasteiger partial charge in [-0.1, -0.05) is 12.1 Å². The van der Waals surface area contributed by atoms with Crippen LogP contribution >= 0.6 is 0 Å². The van der Waals surface area contributed by atoms with Crippen molar-refractivity contribution in [3.8, 4) is 0 Å². The molecule has 0 saturated heterocycles. The molecule has 2 rings (SSSR count). The van der Waals surface area contributed by atoms with Crippen LogP contribution in [0.4, 0.5) is 4.39 Å². The highest BCUT2D eigenvalue weighted by molar-refractivity contribution is 5.95. The van der Waals surface area contributed by atoms with Crippen LogP contribution in [0, 0.1) is 5.41 Å². The maximum atomic E-state index is 12.0. The summed E-state index contributed by atoms with van der Waals surface area (Å²) in [6, 6.07) is 0. The predicted octanol–water partition coefficient (Wildman–Crippen LogP) is 1.12. The Morgan fingerprint density at radius 3 is 3.00 bits per heavy atom. The Kier molecular flexibility index (Phi) is 0.739. The number of rotatable bonds is 1. The van der Waals surface area contributed by atoms with Gasteiger partial charge in [0.25, 0.3) is 0 Å². The average molecular weight is 129 g/mol. The van der Waals surface area contributed by atoms with Crippen LogP contribution < -0.4 is 0 Å². The highest BCUT2D eigenvalue weighted by atomic mass is 19.1. The molecule has 1 aliphatic heterocycles. The van der Waals surface area contributed by atoms with Crippen LogP contribution in [0.2, 0.25) is 0 Å². The zero-order chi connectivity index (χ0) is 6.48. The van der Waals surface area contributed by atoms with Gasteiger partial charge in [0.2, 0.25) is 0 Å². The molecule has 0 spiro atoms. The van der Waals surface area contributed by atoms with Gasteiger partial charge < -0.3 is 4.84 Å². The third kappa shape index (κ3) is 0.471. The van der Waals surface area contributed by atoms with Crippen molar-refractivity contribution in [2.45, 2.75) is 19.4 Å². The first kappa shape index (κ1) is 5.21. The summed E-state index contributed by atoms with van der Waals surface area (Å²) in [6.45, 7) is 1.54. The summed E-state index contributed by atoms with van der Waals surface area (Å²) in [6.07, 6.45) is 1.15. The molecule has 1 heterocycles. The topological polar surface area (TPSA) is 21.6 Å². The second kappa shape index (κ2) is 1.28. The third-order valence-corrected chi connectivity index (χ3v) is 2.24. The molecule has 2 aliphatic rings. The molecule has 1 aliphatic carbocycles. The summed E-state index contributed by atoms with van der Waals surface area (Å²) in [5.41, 5.74) is 0.571. The van der Waals surface area contributed by atoms with Crippen molar-refractivity contribution in [1.82, 2.24) is 0 Å². The first-order valence-corrected chi connectivity index (χ1v) is 3.06. The fourth-order valence-electron chi connectivity index (χ4n) is 1.19. The van der Waals surface area contributed by atoms with Crippen molar-refractivity contribution in [1.29, 1.82) is 0 Å². The van der Waals surface area contributed by atoms with Crippen molar-refractivity contribution in [2.24, 2.45) is 10.6 Å². The Morgan fingerprint density at radius 1 is 2.00 bits per heavy atom. The zero-order valence-corrected chi connectivity index (χ0v) is 5.22. The molecule has 1 fully saturated rings. The second-order valence-corrected chi connectivity index (χ2v) is 2.89. The van der Waals surface area contributed by atoms with E-state index in [1.807, 2.05) is 6.92 Å². The number of hydrogen-bond acceptors (Lipinski definition) is 2. The highest BCUT2D eigenvalue weighted by Crippen LogP contribution is 2.53. The number of hydrogen-bond donors (Lipinski definition) is 0. The maximum Gasteiger partial charge on any atom is 0.139 e. The summed E-state index contributed by atoms with van der Waals surface area (Å²) in [5.74, 6) is 0. The van der Waals surface area contributed by atoms with E-state index in [-0.39, 0.29) is 11.5 Å². The smallest absolute Gasteiger partial charge is 0.139 e. The summed E-state index contributed by atoms with van der Waals surface area (Å²) in [4.78, 5) is 4.88. The van der Waals surface area contributed by atoms with E-state index < -0.39 is 6.67 Å². The van der Waals surface area contributed by atoms with Gasteiger partial charge in [-0.25, -0.2) is 4.39 Å². The number of halogens is 1. The molecule has 2 atom stereocenters. The quantitative estimate of drug-likeness (QED) is 0.520. The lowest BCUT2D eigenvalue weighted by Gasteiger charge is -1.98. The minimum Gasteiger partial charge on any atom is -0.391 e. The first-order valence-electron chi connectivity index (χ1n) is 3.06. The van der Waals surface area contributed by atoms with Crippen LogP contribution in [-0.4, -0.2) is 18.5 Å². The van der Waals surface area contributed by atoms with E-state index in [1.165, 1.54) is 0 Å². The van der Waals surface area contributed by atoms with Crippen LogP contribution in [-0.2, 0) is 4.84 Å². The zero-order valence-electron chi connectivity index (χ0n) is 5.22. The minimum atomic E-state index is -0.451. The maximum absolute atomic E-state index is 12.0. The number of oxime groups is 1. The van der Waals surface area contributed by atoms with E-state index in [0.29, 0.717) is 5.71 Å². The molecule has 50 valence electrons. The lowest BCUT2D eigenvalue weighted by atomic mass is 10.0. The van der Waals surface area contributed by atoms with Crippen molar-refractivity contribution >= 4 is 5.71 Å². The molecule has 0 radical (unpaired) electrons. The summed E-state index contributed by atoms with van der Waals surface area (Å²) < 4.78 is 12.0. The molecule has 0 aromatic rings. The molecule has 0 aromatic carbocycles. The number of alkyl halides is 1. The summed E-state index contributed by atoms with van der Waals surface area (Å²) in [7, 11) is 0. The Labute approximate surface area is 52.7 Å². The highest BCUT2D eigenvalue weighted by Gasteiger charge is 2.60. The molecule has 0 N–H and O–H groups in total. The van der Waals surface area contributed by atoms with Crippen molar-refractivity contribution in [3.63, 3.8) is 0 Å². The number of nitrogens with zero attached hydrogens (tertiary/aromatic N) is 1. The van der Waals surface area contributed by atoms with Gasteiger partial charge in [0.05, 0.1) is 11.1 Å². The van der Waals surface area contributed by atoms with E-state index in [1.54, 1.807) is 0 Å². The molecule has 3 heteroatoms. The molecule has 0 bridgehead atoms. The van der Waals surface area contributed by atoms with Gasteiger partial charge >= 0.3 is 0 Å². The Bertz CT molecular complexity index is 180. The molecular formula is C6H8FNO. The minimum absolute atomic E-state index is 0.0191. The standard InChI is InChI=1S/C6H8FNO/c1-6-2-5(6)9-8-4(6)3-7/h5H,2-3H2,1H3. The lowest BCUT2D eigenvalue weighted by Crippen LogP contribution is -2.12. The fraction of sp³-hybridized carbons (Fsp3) is 0.833. The predicted molar refractivity (Wildman–Crippen MR) is 31.0 cm³/mol. The van der Waals surface area contributed by atoms with E-state index >= 15 is 0 Å². The molecule has 0 aromatic heterocycles. The van der Waals surface area contributed by atoms with E-state index in [2.05, 4.69) is 5.16 Å². The van der Waals surface area contributed by atoms with Crippen LogP contribution in [0.3, 0.4) is 0 Å². The third-order valence-electron chi connectivity index (χ3n) is 2.24. The van der Waals surface area contributed by atoms with Crippen LogP contribution in [0.15, 0.2) is 5.16 Å². The van der Waals surface area contributed by atoms with Gasteiger partial charge in [0, 0.05) is 6.42 Å². The largest absolute Gasteiger partial charge is 0.391 e. The van der Waals surface area contributed by atoms with E-state index in [4.69, 9.17) is 4.84 Å². The van der Waals surface area contributed by atoms with Gasteiger partial charge in [-0.05, 0) is 0 Å². The average Bonchev–Trinajstić information content (AvgIpc) is 2.38. The summed E-state index contributed by atoms with van der Waals surface area (Å²) >= 11 is 0. The first-order chi connectivity index (χ1) is 4.27. The molecule has 0 amide bonds. The van der Waals surface area contributed by atoms with Crippen molar-refractivity contribution < 1.29 is 9.23 Å². The van der Waals surface area contributed by atoms with Crippen LogP contribution in [0.1, 0.15) is 13.3 Å². The second-order valence-electron chi connectivity index (χ2n) is 2.89. The Hall–Kier alpha value is -0.600. The van der Waals surface area contributed by atoms with E-state index in [9.17, 15) is 4.39 Å². The lowest BCUT2D eigenvalue weighted by molar-refractivity contribution is 0.133. The SMILES string of the molecule is CC12CC1ON=C2CF. The van der Waals surface area contributed by atoms with Crippen LogP contribution in [0.25, 0.3) is 0 Å². The summed E-state index contributed by atoms with van der Waals surface area (Å²) in [5, 5.41) is 3.60. The molecule has 2 unspecified atom stereocenters. The van der Waals surface area contributed by atoms with E-state index in [0.717, 1.165) is 6.42 Å². The van der Waals surface area contributed by atoms with Gasteiger partial charge in [0.1, 0.15) is 12.8 Å². The molecule has 9 heavy (non-hydrogen) atoms. The molecule has 1 saturated carbocycles. The van der Waals surface area contributed by atoms with Crippen molar-refractivity contribution in [3.05, 3.63) is 0 Å². The van der Waals surface area contributed by atoms with Gasteiger partial charge in [-0.15, -0.1) is 0 Å². The number of fused-ring (bicyclic) bond motifs is 1. The monoisotopic (exact) mass is 129 g/mol. The van der Waals surface area contributed by atoms with Gasteiger partial charge in [-0.3, -0.25) is 0 Å². The molecule has 2 nitrogen and oxygen atoms in total. The Balaban J connectivity index is 2.23. The Morgan fingerprint density at radius 2 is 2.78 bits per heavy atom.